The lowest BCUT2D eigenvalue weighted by atomic mass is 10.0. The predicted molar refractivity (Wildman–Crippen MR) is 123 cm³/mol. The van der Waals surface area contributed by atoms with Crippen LogP contribution in [0, 0.1) is 0 Å². The molecule has 1 saturated heterocycles. The zero-order valence-corrected chi connectivity index (χ0v) is 18.4. The Bertz CT molecular complexity index is 1070. The van der Waals surface area contributed by atoms with E-state index in [1.165, 1.54) is 0 Å². The summed E-state index contributed by atoms with van der Waals surface area (Å²) in [5.74, 6) is 1.22. The number of carbonyl (C=O) groups is 1. The van der Waals surface area contributed by atoms with Crippen LogP contribution in [0.1, 0.15) is 35.8 Å². The summed E-state index contributed by atoms with van der Waals surface area (Å²) in [6, 6.07) is 16.0. The van der Waals surface area contributed by atoms with Crippen molar-refractivity contribution in [3.05, 3.63) is 59.8 Å². The van der Waals surface area contributed by atoms with Gasteiger partial charge in [0.15, 0.2) is 0 Å². The van der Waals surface area contributed by atoms with E-state index in [0.29, 0.717) is 36.2 Å². The highest BCUT2D eigenvalue weighted by Crippen LogP contribution is 2.29. The average Bonchev–Trinajstić information content (AvgIpc) is 2.83. The molecule has 1 aromatic heterocycles. The maximum absolute atomic E-state index is 13.1. The summed E-state index contributed by atoms with van der Waals surface area (Å²) < 4.78 is 10.7. The fourth-order valence-electron chi connectivity index (χ4n) is 4.12. The Morgan fingerprint density at radius 2 is 1.87 bits per heavy atom. The number of methoxy groups -OCH3 is 2. The third-order valence-corrected chi connectivity index (χ3v) is 5.91. The molecule has 0 radical (unpaired) electrons. The summed E-state index contributed by atoms with van der Waals surface area (Å²) >= 11 is 0. The minimum absolute atomic E-state index is 0.000540. The van der Waals surface area contributed by atoms with Gasteiger partial charge in [0.05, 0.1) is 25.3 Å². The number of hydrogen-bond acceptors (Lipinski definition) is 5. The molecule has 0 bridgehead atoms. The average molecular weight is 420 g/mol. The van der Waals surface area contributed by atoms with Gasteiger partial charge in [0, 0.05) is 42.0 Å². The van der Waals surface area contributed by atoms with E-state index in [4.69, 9.17) is 14.5 Å². The number of likely N-dealkylation sites (tertiary alicyclic amines) is 1. The molecule has 162 valence electrons. The minimum atomic E-state index is 0.000540. The first-order valence-electron chi connectivity index (χ1n) is 10.8. The monoisotopic (exact) mass is 419 g/mol. The van der Waals surface area contributed by atoms with Gasteiger partial charge in [-0.15, -0.1) is 0 Å². The summed E-state index contributed by atoms with van der Waals surface area (Å²) in [6.07, 6.45) is 2.68. The van der Waals surface area contributed by atoms with Gasteiger partial charge < -0.3 is 19.7 Å². The molecule has 1 fully saturated rings. The van der Waals surface area contributed by atoms with Crippen LogP contribution in [-0.4, -0.2) is 49.1 Å². The Labute approximate surface area is 183 Å². The second-order valence-corrected chi connectivity index (χ2v) is 7.81. The number of para-hydroxylation sites is 1. The van der Waals surface area contributed by atoms with Crippen molar-refractivity contribution >= 4 is 22.5 Å². The first-order chi connectivity index (χ1) is 15.1. The van der Waals surface area contributed by atoms with Gasteiger partial charge in [-0.3, -0.25) is 9.78 Å². The highest BCUT2D eigenvalue weighted by Gasteiger charge is 2.26. The number of benzene rings is 2. The van der Waals surface area contributed by atoms with Crippen molar-refractivity contribution in [1.29, 1.82) is 0 Å². The van der Waals surface area contributed by atoms with E-state index in [1.54, 1.807) is 32.4 Å². The molecule has 1 aliphatic rings. The quantitative estimate of drug-likeness (QED) is 0.636. The van der Waals surface area contributed by atoms with E-state index in [0.717, 1.165) is 41.5 Å². The van der Waals surface area contributed by atoms with Gasteiger partial charge in [-0.25, -0.2) is 0 Å². The van der Waals surface area contributed by atoms with Gasteiger partial charge >= 0.3 is 0 Å². The second kappa shape index (κ2) is 9.25. The number of pyridine rings is 1. The van der Waals surface area contributed by atoms with Crippen LogP contribution in [0.15, 0.2) is 48.5 Å². The second-order valence-electron chi connectivity index (χ2n) is 7.81. The number of carbonyl (C=O) groups excluding carboxylic acids is 1. The molecule has 0 atom stereocenters. The van der Waals surface area contributed by atoms with Crippen LogP contribution in [0.4, 0.5) is 5.69 Å². The Morgan fingerprint density at radius 1 is 1.10 bits per heavy atom. The maximum Gasteiger partial charge on any atom is 0.257 e. The molecule has 1 amide bonds. The van der Waals surface area contributed by atoms with Gasteiger partial charge in [-0.1, -0.05) is 25.1 Å². The summed E-state index contributed by atoms with van der Waals surface area (Å²) in [5.41, 5.74) is 3.80. The molecule has 1 aliphatic heterocycles. The van der Waals surface area contributed by atoms with Crippen molar-refractivity contribution in [1.82, 2.24) is 9.88 Å². The number of nitrogens with zero attached hydrogens (tertiary/aromatic N) is 2. The number of aryl methyl sites for hydroxylation is 1. The van der Waals surface area contributed by atoms with Crippen LogP contribution < -0.4 is 14.8 Å². The molecule has 1 N–H and O–H groups in total. The molecule has 6 nitrogen and oxygen atoms in total. The van der Waals surface area contributed by atoms with Crippen LogP contribution in [0.5, 0.6) is 11.5 Å². The fourth-order valence-corrected chi connectivity index (χ4v) is 4.12. The lowest BCUT2D eigenvalue weighted by Crippen LogP contribution is -2.42. The summed E-state index contributed by atoms with van der Waals surface area (Å²) in [4.78, 5) is 19.7. The van der Waals surface area contributed by atoms with Gasteiger partial charge in [0.2, 0.25) is 0 Å². The molecule has 6 heteroatoms. The predicted octanol–water partition coefficient (Wildman–Crippen LogP) is 4.53. The van der Waals surface area contributed by atoms with Crippen molar-refractivity contribution < 1.29 is 14.3 Å². The number of aromatic nitrogens is 1. The molecule has 31 heavy (non-hydrogen) atoms. The minimum Gasteiger partial charge on any atom is -0.497 e. The fraction of sp³-hybridized carbons (Fsp3) is 0.360. The molecular formula is C25H29N3O3. The Kier molecular flexibility index (Phi) is 6.26. The van der Waals surface area contributed by atoms with Crippen molar-refractivity contribution in [2.24, 2.45) is 0 Å². The van der Waals surface area contributed by atoms with Crippen molar-refractivity contribution in [3.63, 3.8) is 0 Å². The first kappa shape index (κ1) is 21.0. The summed E-state index contributed by atoms with van der Waals surface area (Å²) in [6.45, 7) is 3.53. The topological polar surface area (TPSA) is 63.7 Å². The zero-order valence-electron chi connectivity index (χ0n) is 18.4. The molecule has 2 heterocycles. The zero-order chi connectivity index (χ0) is 21.8. The lowest BCUT2D eigenvalue weighted by Gasteiger charge is -2.33. The van der Waals surface area contributed by atoms with Gasteiger partial charge in [0.1, 0.15) is 11.5 Å². The molecule has 0 spiro atoms. The number of rotatable bonds is 6. The van der Waals surface area contributed by atoms with Crippen LogP contribution >= 0.6 is 0 Å². The highest BCUT2D eigenvalue weighted by atomic mass is 16.5. The SMILES string of the molecule is CCc1cc(NC2CCN(C(=O)c3ccc(OC)cc3OC)CC2)c2ccccc2n1. The standard InChI is InChI=1S/C25H29N3O3/c1-4-17-15-23(20-7-5-6-8-22(20)26-17)27-18-11-13-28(14-12-18)25(29)21-10-9-19(30-2)16-24(21)31-3/h5-10,15-16,18H,4,11-14H2,1-3H3,(H,26,27). The Balaban J connectivity index is 1.45. The Morgan fingerprint density at radius 3 is 2.58 bits per heavy atom. The largest absolute Gasteiger partial charge is 0.497 e. The molecule has 4 rings (SSSR count). The third kappa shape index (κ3) is 4.43. The van der Waals surface area contributed by atoms with Crippen LogP contribution in [0.25, 0.3) is 10.9 Å². The van der Waals surface area contributed by atoms with Crippen LogP contribution in [0.3, 0.4) is 0 Å². The van der Waals surface area contributed by atoms with E-state index in [1.807, 2.05) is 17.0 Å². The van der Waals surface area contributed by atoms with Crippen LogP contribution in [0.2, 0.25) is 0 Å². The van der Waals surface area contributed by atoms with E-state index in [2.05, 4.69) is 30.4 Å². The summed E-state index contributed by atoms with van der Waals surface area (Å²) in [7, 11) is 3.18. The number of nitrogens with one attached hydrogen (secondary N) is 1. The molecule has 0 unspecified atom stereocenters. The van der Waals surface area contributed by atoms with E-state index in [9.17, 15) is 4.79 Å². The van der Waals surface area contributed by atoms with Gasteiger partial charge in [-0.2, -0.15) is 0 Å². The van der Waals surface area contributed by atoms with E-state index < -0.39 is 0 Å². The van der Waals surface area contributed by atoms with Gasteiger partial charge in [0.25, 0.3) is 5.91 Å². The smallest absolute Gasteiger partial charge is 0.257 e. The maximum atomic E-state index is 13.1. The lowest BCUT2D eigenvalue weighted by molar-refractivity contribution is 0.0715. The number of anilines is 1. The number of piperidine rings is 1. The van der Waals surface area contributed by atoms with E-state index in [-0.39, 0.29) is 5.91 Å². The Hall–Kier alpha value is -3.28. The number of amides is 1. The molecule has 3 aromatic rings. The van der Waals surface area contributed by atoms with Crippen molar-refractivity contribution in [2.75, 3.05) is 32.6 Å². The number of fused-ring (bicyclic) bond motifs is 1. The van der Waals surface area contributed by atoms with Crippen molar-refractivity contribution in [2.45, 2.75) is 32.2 Å². The molecule has 0 aliphatic carbocycles. The molecule has 0 saturated carbocycles. The number of ether oxygens (including phenoxy) is 2. The molecular weight excluding hydrogens is 390 g/mol. The number of hydrogen-bond donors (Lipinski definition) is 1. The van der Waals surface area contributed by atoms with E-state index >= 15 is 0 Å². The first-order valence-corrected chi connectivity index (χ1v) is 10.8. The molecule has 2 aromatic carbocycles. The third-order valence-electron chi connectivity index (χ3n) is 5.91. The highest BCUT2D eigenvalue weighted by molar-refractivity contribution is 5.97. The van der Waals surface area contributed by atoms with Crippen molar-refractivity contribution in [3.8, 4) is 11.5 Å². The van der Waals surface area contributed by atoms with Crippen LogP contribution in [-0.2, 0) is 6.42 Å². The van der Waals surface area contributed by atoms with Gasteiger partial charge in [-0.05, 0) is 43.5 Å². The normalized spacial score (nSPS) is 14.5. The summed E-state index contributed by atoms with van der Waals surface area (Å²) in [5, 5.41) is 4.86.